The molecule has 144 valence electrons. The molecule has 0 saturated heterocycles. The summed E-state index contributed by atoms with van der Waals surface area (Å²) in [6.45, 7) is 5.09. The molecule has 0 aliphatic rings. The number of nitrogens with one attached hydrogen (secondary N) is 1. The van der Waals surface area contributed by atoms with E-state index in [9.17, 15) is 0 Å². The van der Waals surface area contributed by atoms with Crippen LogP contribution in [0.15, 0.2) is 41.7 Å². The molecule has 0 aliphatic heterocycles. The summed E-state index contributed by atoms with van der Waals surface area (Å²) in [6, 6.07) is 7.38. The van der Waals surface area contributed by atoms with Gasteiger partial charge in [-0.3, -0.25) is 9.67 Å². The molecule has 26 heavy (non-hydrogen) atoms. The largest absolute Gasteiger partial charge is 0.492 e. The van der Waals surface area contributed by atoms with Crippen LogP contribution in [0.4, 0.5) is 0 Å². The van der Waals surface area contributed by atoms with Crippen molar-refractivity contribution in [2.75, 3.05) is 33.8 Å². The first-order valence-corrected chi connectivity index (χ1v) is 8.75. The van der Waals surface area contributed by atoms with Crippen LogP contribution >= 0.6 is 35.6 Å². The van der Waals surface area contributed by atoms with Crippen molar-refractivity contribution in [1.29, 1.82) is 0 Å². The molecule has 0 bridgehead atoms. The van der Waals surface area contributed by atoms with Gasteiger partial charge in [0.15, 0.2) is 5.96 Å². The lowest BCUT2D eigenvalue weighted by Crippen LogP contribution is -2.41. The number of aryl methyl sites for hydroxylation is 2. The van der Waals surface area contributed by atoms with E-state index in [1.165, 1.54) is 5.56 Å². The third kappa shape index (κ3) is 7.82. The van der Waals surface area contributed by atoms with Gasteiger partial charge in [0.25, 0.3) is 0 Å². The van der Waals surface area contributed by atoms with Crippen LogP contribution in [-0.4, -0.2) is 54.4 Å². The van der Waals surface area contributed by atoms with E-state index < -0.39 is 0 Å². The standard InChI is InChI=1S/C18H26ClN5O.HI/c1-15-13-22-24(14-15)10-4-9-21-18(20-2)23(3)11-12-25-17-7-5-16(19)6-8-17;/h5-8,13-14H,4,9-12H2,1-3H3,(H,20,21);1H. The molecule has 2 rings (SSSR count). The number of likely N-dealkylation sites (N-methyl/N-ethyl adjacent to an activating group) is 1. The van der Waals surface area contributed by atoms with Crippen molar-refractivity contribution in [3.05, 3.63) is 47.2 Å². The van der Waals surface area contributed by atoms with Crippen LogP contribution in [0.3, 0.4) is 0 Å². The van der Waals surface area contributed by atoms with Crippen molar-refractivity contribution in [3.8, 4) is 5.75 Å². The number of aromatic nitrogens is 2. The zero-order valence-corrected chi connectivity index (χ0v) is 18.6. The number of ether oxygens (including phenoxy) is 1. The monoisotopic (exact) mass is 491 g/mol. The van der Waals surface area contributed by atoms with Gasteiger partial charge in [-0.25, -0.2) is 0 Å². The molecule has 0 spiro atoms. The molecule has 1 N–H and O–H groups in total. The Morgan fingerprint density at radius 3 is 2.69 bits per heavy atom. The molecule has 6 nitrogen and oxygen atoms in total. The first-order valence-electron chi connectivity index (χ1n) is 8.37. The number of rotatable bonds is 8. The molecule has 0 amide bonds. The quantitative estimate of drug-likeness (QED) is 0.266. The molecule has 1 aromatic carbocycles. The molecule has 0 unspecified atom stereocenters. The predicted molar refractivity (Wildman–Crippen MR) is 118 cm³/mol. The van der Waals surface area contributed by atoms with E-state index in [2.05, 4.69) is 21.6 Å². The van der Waals surface area contributed by atoms with E-state index in [4.69, 9.17) is 16.3 Å². The third-order valence-electron chi connectivity index (χ3n) is 3.69. The molecule has 1 heterocycles. The highest BCUT2D eigenvalue weighted by Gasteiger charge is 2.05. The number of hydrogen-bond donors (Lipinski definition) is 1. The Bertz CT molecular complexity index is 674. The van der Waals surface area contributed by atoms with Crippen LogP contribution in [0, 0.1) is 6.92 Å². The summed E-state index contributed by atoms with van der Waals surface area (Å²) in [5.41, 5.74) is 1.18. The Hall–Kier alpha value is -1.48. The number of hydrogen-bond acceptors (Lipinski definition) is 3. The van der Waals surface area contributed by atoms with Crippen molar-refractivity contribution in [2.45, 2.75) is 19.9 Å². The molecule has 1 aromatic heterocycles. The van der Waals surface area contributed by atoms with Crippen LogP contribution in [0.2, 0.25) is 5.02 Å². The van der Waals surface area contributed by atoms with Crippen molar-refractivity contribution in [2.24, 2.45) is 4.99 Å². The highest BCUT2D eigenvalue weighted by Crippen LogP contribution is 2.15. The van der Waals surface area contributed by atoms with Gasteiger partial charge in [0, 0.05) is 38.4 Å². The first kappa shape index (κ1) is 22.6. The summed E-state index contributed by atoms with van der Waals surface area (Å²) in [4.78, 5) is 6.36. The van der Waals surface area contributed by atoms with Crippen LogP contribution in [0.5, 0.6) is 5.75 Å². The molecule has 2 aromatic rings. The van der Waals surface area contributed by atoms with Gasteiger partial charge in [-0.2, -0.15) is 5.10 Å². The minimum Gasteiger partial charge on any atom is -0.492 e. The summed E-state index contributed by atoms with van der Waals surface area (Å²) in [7, 11) is 3.78. The van der Waals surface area contributed by atoms with Gasteiger partial charge in [-0.05, 0) is 43.2 Å². The summed E-state index contributed by atoms with van der Waals surface area (Å²) >= 11 is 5.86. The molecule has 0 radical (unpaired) electrons. The smallest absolute Gasteiger partial charge is 0.193 e. The highest BCUT2D eigenvalue weighted by atomic mass is 127. The minimum atomic E-state index is 0. The lowest BCUT2D eigenvalue weighted by molar-refractivity contribution is 0.281. The van der Waals surface area contributed by atoms with E-state index >= 15 is 0 Å². The van der Waals surface area contributed by atoms with Gasteiger partial charge in [-0.1, -0.05) is 11.6 Å². The summed E-state index contributed by atoms with van der Waals surface area (Å²) in [6.07, 6.45) is 4.91. The number of nitrogens with zero attached hydrogens (tertiary/aromatic N) is 4. The first-order chi connectivity index (χ1) is 12.1. The Labute approximate surface area is 177 Å². The van der Waals surface area contributed by atoms with E-state index in [1.54, 1.807) is 7.05 Å². The molecule has 8 heteroatoms. The second-order valence-electron chi connectivity index (χ2n) is 5.83. The third-order valence-corrected chi connectivity index (χ3v) is 3.94. The highest BCUT2D eigenvalue weighted by molar-refractivity contribution is 14.0. The SMILES string of the molecule is CN=C(NCCCn1cc(C)cn1)N(C)CCOc1ccc(Cl)cc1.I. The molecule has 0 saturated carbocycles. The number of guanidine groups is 1. The molecule has 0 fully saturated rings. The van der Waals surface area contributed by atoms with Crippen LogP contribution in [-0.2, 0) is 6.54 Å². The Balaban J connectivity index is 0.00000338. The summed E-state index contributed by atoms with van der Waals surface area (Å²) < 4.78 is 7.68. The number of halogens is 2. The average Bonchev–Trinajstić information content (AvgIpc) is 3.02. The number of benzene rings is 1. The van der Waals surface area contributed by atoms with Gasteiger partial charge in [0.2, 0.25) is 0 Å². The summed E-state index contributed by atoms with van der Waals surface area (Å²) in [5, 5.41) is 8.36. The van der Waals surface area contributed by atoms with Gasteiger partial charge < -0.3 is 15.0 Å². The topological polar surface area (TPSA) is 54.7 Å². The lowest BCUT2D eigenvalue weighted by atomic mass is 10.3. The molecule has 0 atom stereocenters. The van der Waals surface area contributed by atoms with Crippen LogP contribution in [0.1, 0.15) is 12.0 Å². The number of aliphatic imine (C=N–C) groups is 1. The Kier molecular flexibility index (Phi) is 10.4. The summed E-state index contributed by atoms with van der Waals surface area (Å²) in [5.74, 6) is 1.67. The fourth-order valence-electron chi connectivity index (χ4n) is 2.35. The fraction of sp³-hybridized carbons (Fsp3) is 0.444. The predicted octanol–water partition coefficient (Wildman–Crippen LogP) is 3.44. The van der Waals surface area contributed by atoms with Crippen molar-refractivity contribution in [3.63, 3.8) is 0 Å². The maximum atomic E-state index is 5.86. The zero-order valence-electron chi connectivity index (χ0n) is 15.5. The minimum absolute atomic E-state index is 0. The van der Waals surface area contributed by atoms with Gasteiger partial charge in [0.05, 0.1) is 12.7 Å². The van der Waals surface area contributed by atoms with Gasteiger partial charge in [0.1, 0.15) is 12.4 Å². The molecule has 0 aliphatic carbocycles. The molecular weight excluding hydrogens is 465 g/mol. The van der Waals surface area contributed by atoms with Gasteiger partial charge in [-0.15, -0.1) is 24.0 Å². The second-order valence-corrected chi connectivity index (χ2v) is 6.27. The van der Waals surface area contributed by atoms with Crippen LogP contribution in [0.25, 0.3) is 0 Å². The van der Waals surface area contributed by atoms with Crippen molar-refractivity contribution < 1.29 is 4.74 Å². The van der Waals surface area contributed by atoms with E-state index in [0.717, 1.165) is 37.8 Å². The van der Waals surface area contributed by atoms with Crippen molar-refractivity contribution >= 4 is 41.5 Å². The zero-order chi connectivity index (χ0) is 18.1. The van der Waals surface area contributed by atoms with Gasteiger partial charge >= 0.3 is 0 Å². The second kappa shape index (κ2) is 12.0. The maximum Gasteiger partial charge on any atom is 0.193 e. The Morgan fingerprint density at radius 1 is 1.35 bits per heavy atom. The van der Waals surface area contributed by atoms with E-state index in [0.29, 0.717) is 11.6 Å². The average molecular weight is 492 g/mol. The molecular formula is C18H27ClIN5O. The maximum absolute atomic E-state index is 5.86. The van der Waals surface area contributed by atoms with Crippen LogP contribution < -0.4 is 10.1 Å². The lowest BCUT2D eigenvalue weighted by Gasteiger charge is -2.22. The fourth-order valence-corrected chi connectivity index (χ4v) is 2.48. The van der Waals surface area contributed by atoms with E-state index in [1.807, 2.05) is 54.0 Å². The normalized spacial score (nSPS) is 11.0. The van der Waals surface area contributed by atoms with Crippen molar-refractivity contribution in [1.82, 2.24) is 20.0 Å². The Morgan fingerprint density at radius 2 is 2.08 bits per heavy atom. The van der Waals surface area contributed by atoms with E-state index in [-0.39, 0.29) is 24.0 Å².